The smallest absolute Gasteiger partial charge is 0.253 e. The Labute approximate surface area is 158 Å². The minimum Gasteiger partial charge on any atom is -0.345 e. The van der Waals surface area contributed by atoms with Crippen LogP contribution < -0.4 is 5.32 Å². The van der Waals surface area contributed by atoms with Crippen molar-refractivity contribution in [2.75, 3.05) is 0 Å². The first-order chi connectivity index (χ1) is 12.5. The van der Waals surface area contributed by atoms with Crippen LogP contribution in [0.25, 0.3) is 5.69 Å². The molecule has 1 aliphatic carbocycles. The maximum atomic E-state index is 12.9. The van der Waals surface area contributed by atoms with Crippen molar-refractivity contribution in [1.82, 2.24) is 9.88 Å². The summed E-state index contributed by atoms with van der Waals surface area (Å²) in [5.74, 6) is -0.124. The number of benzene rings is 2. The quantitative estimate of drug-likeness (QED) is 0.683. The van der Waals surface area contributed by atoms with Gasteiger partial charge in [0, 0.05) is 17.1 Å². The molecule has 2 aromatic carbocycles. The van der Waals surface area contributed by atoms with Gasteiger partial charge in [-0.3, -0.25) is 4.79 Å². The van der Waals surface area contributed by atoms with Gasteiger partial charge in [-0.2, -0.15) is 0 Å². The molecule has 1 heterocycles. The van der Waals surface area contributed by atoms with Gasteiger partial charge in [0.05, 0.1) is 16.6 Å². The van der Waals surface area contributed by atoms with E-state index in [0.717, 1.165) is 29.9 Å². The molecule has 0 radical (unpaired) electrons. The molecule has 0 saturated heterocycles. The lowest BCUT2D eigenvalue weighted by Crippen LogP contribution is -2.27. The summed E-state index contributed by atoms with van der Waals surface area (Å²) in [5, 5.41) is 3.63. The van der Waals surface area contributed by atoms with Crippen LogP contribution >= 0.6 is 11.6 Å². The first-order valence-corrected chi connectivity index (χ1v) is 9.26. The molecule has 1 aliphatic rings. The number of carbonyl (C=O) groups excluding carboxylic acids is 1. The van der Waals surface area contributed by atoms with Crippen LogP contribution in [0.1, 0.15) is 45.3 Å². The average Bonchev–Trinajstić information content (AvgIpc) is 3.19. The molecule has 132 valence electrons. The highest BCUT2D eigenvalue weighted by molar-refractivity contribution is 6.33. The number of aryl methyl sites for hydroxylation is 3. The molecule has 26 heavy (non-hydrogen) atoms. The summed E-state index contributed by atoms with van der Waals surface area (Å²) in [4.78, 5) is 12.9. The molecule has 0 spiro atoms. The van der Waals surface area contributed by atoms with E-state index < -0.39 is 0 Å². The van der Waals surface area contributed by atoms with E-state index in [1.807, 2.05) is 24.3 Å². The number of hydrogen-bond acceptors (Lipinski definition) is 1. The van der Waals surface area contributed by atoms with Crippen LogP contribution in [-0.2, 0) is 6.42 Å². The molecular weight excluding hydrogens is 344 g/mol. The van der Waals surface area contributed by atoms with Crippen molar-refractivity contribution < 1.29 is 4.79 Å². The standard InChI is InChI=1S/C22H21ClN2O/c1-14-7-8-15(2)25(14)17-10-11-20(23)19(13-17)22(26)24-21-12-9-16-5-3-4-6-18(16)21/h3-8,10-11,13,21H,9,12H2,1-2H3,(H,24,26)/t21-/m0/s1. The maximum absolute atomic E-state index is 12.9. The van der Waals surface area contributed by atoms with Crippen LogP contribution in [0.5, 0.6) is 0 Å². The van der Waals surface area contributed by atoms with Crippen molar-refractivity contribution in [2.24, 2.45) is 0 Å². The zero-order valence-corrected chi connectivity index (χ0v) is 15.7. The van der Waals surface area contributed by atoms with Crippen molar-refractivity contribution in [3.63, 3.8) is 0 Å². The van der Waals surface area contributed by atoms with Gasteiger partial charge >= 0.3 is 0 Å². The fourth-order valence-corrected chi connectivity index (χ4v) is 4.05. The summed E-state index contributed by atoms with van der Waals surface area (Å²) in [6, 6.07) is 18.1. The number of amides is 1. The maximum Gasteiger partial charge on any atom is 0.253 e. The molecule has 4 heteroatoms. The number of rotatable bonds is 3. The van der Waals surface area contributed by atoms with Gasteiger partial charge in [0.25, 0.3) is 5.91 Å². The molecular formula is C22H21ClN2O. The van der Waals surface area contributed by atoms with Gasteiger partial charge in [0.2, 0.25) is 0 Å². The second-order valence-electron chi connectivity index (χ2n) is 6.88. The molecule has 0 bridgehead atoms. The molecule has 3 nitrogen and oxygen atoms in total. The van der Waals surface area contributed by atoms with Crippen molar-refractivity contribution in [3.8, 4) is 5.69 Å². The number of fused-ring (bicyclic) bond motifs is 1. The Morgan fingerprint density at radius 2 is 1.81 bits per heavy atom. The fourth-order valence-electron chi connectivity index (χ4n) is 3.85. The molecule has 1 atom stereocenters. The largest absolute Gasteiger partial charge is 0.345 e. The Morgan fingerprint density at radius 1 is 1.08 bits per heavy atom. The van der Waals surface area contributed by atoms with Gasteiger partial charge in [-0.1, -0.05) is 35.9 Å². The summed E-state index contributed by atoms with van der Waals surface area (Å²) in [5.41, 5.74) is 6.25. The van der Waals surface area contributed by atoms with Crippen LogP contribution in [-0.4, -0.2) is 10.5 Å². The van der Waals surface area contributed by atoms with Gasteiger partial charge in [0.1, 0.15) is 0 Å². The van der Waals surface area contributed by atoms with Crippen molar-refractivity contribution in [3.05, 3.63) is 87.7 Å². The van der Waals surface area contributed by atoms with Crippen LogP contribution in [0.3, 0.4) is 0 Å². The van der Waals surface area contributed by atoms with Crippen LogP contribution in [0.15, 0.2) is 54.6 Å². The van der Waals surface area contributed by atoms with Crippen molar-refractivity contribution in [1.29, 1.82) is 0 Å². The summed E-state index contributed by atoms with van der Waals surface area (Å²) < 4.78 is 2.12. The van der Waals surface area contributed by atoms with E-state index in [1.54, 1.807) is 6.07 Å². The molecule has 1 amide bonds. The number of carbonyl (C=O) groups is 1. The van der Waals surface area contributed by atoms with E-state index in [0.29, 0.717) is 10.6 Å². The summed E-state index contributed by atoms with van der Waals surface area (Å²) in [6.07, 6.45) is 1.93. The van der Waals surface area contributed by atoms with E-state index in [1.165, 1.54) is 11.1 Å². The molecule has 4 rings (SSSR count). The van der Waals surface area contributed by atoms with Crippen molar-refractivity contribution in [2.45, 2.75) is 32.7 Å². The minimum absolute atomic E-state index is 0.0495. The van der Waals surface area contributed by atoms with E-state index in [-0.39, 0.29) is 11.9 Å². The predicted octanol–water partition coefficient (Wildman–Crippen LogP) is 5.16. The monoisotopic (exact) mass is 364 g/mol. The summed E-state index contributed by atoms with van der Waals surface area (Å²) >= 11 is 6.35. The minimum atomic E-state index is -0.124. The zero-order valence-electron chi connectivity index (χ0n) is 14.9. The molecule has 0 fully saturated rings. The lowest BCUT2D eigenvalue weighted by atomic mass is 10.1. The van der Waals surface area contributed by atoms with Crippen LogP contribution in [0.4, 0.5) is 0 Å². The number of aromatic nitrogens is 1. The van der Waals surface area contributed by atoms with E-state index >= 15 is 0 Å². The Hall–Kier alpha value is -2.52. The Kier molecular flexibility index (Phi) is 4.33. The van der Waals surface area contributed by atoms with Gasteiger partial charge in [-0.05, 0) is 68.1 Å². The van der Waals surface area contributed by atoms with E-state index in [4.69, 9.17) is 11.6 Å². The first kappa shape index (κ1) is 16.9. The van der Waals surface area contributed by atoms with Gasteiger partial charge < -0.3 is 9.88 Å². The zero-order chi connectivity index (χ0) is 18.3. The Morgan fingerprint density at radius 3 is 2.58 bits per heavy atom. The Balaban J connectivity index is 1.64. The fraction of sp³-hybridized carbons (Fsp3) is 0.227. The predicted molar refractivity (Wildman–Crippen MR) is 105 cm³/mol. The van der Waals surface area contributed by atoms with Gasteiger partial charge in [-0.25, -0.2) is 0 Å². The van der Waals surface area contributed by atoms with Gasteiger partial charge in [-0.15, -0.1) is 0 Å². The Bertz CT molecular complexity index is 970. The highest BCUT2D eigenvalue weighted by atomic mass is 35.5. The third-order valence-electron chi connectivity index (χ3n) is 5.16. The third kappa shape index (κ3) is 2.93. The average molecular weight is 365 g/mol. The first-order valence-electron chi connectivity index (χ1n) is 8.88. The summed E-state index contributed by atoms with van der Waals surface area (Å²) in [7, 11) is 0. The number of halogens is 1. The number of nitrogens with one attached hydrogen (secondary N) is 1. The lowest BCUT2D eigenvalue weighted by molar-refractivity contribution is 0.0937. The topological polar surface area (TPSA) is 34.0 Å². The molecule has 1 aromatic heterocycles. The van der Waals surface area contributed by atoms with Crippen molar-refractivity contribution >= 4 is 17.5 Å². The number of nitrogens with zero attached hydrogens (tertiary/aromatic N) is 1. The van der Waals surface area contributed by atoms with E-state index in [2.05, 4.69) is 48.0 Å². The highest BCUT2D eigenvalue weighted by Gasteiger charge is 2.24. The molecule has 0 aliphatic heterocycles. The van der Waals surface area contributed by atoms with Gasteiger partial charge in [0.15, 0.2) is 0 Å². The highest BCUT2D eigenvalue weighted by Crippen LogP contribution is 2.31. The third-order valence-corrected chi connectivity index (χ3v) is 5.49. The van der Waals surface area contributed by atoms with Crippen LogP contribution in [0, 0.1) is 13.8 Å². The summed E-state index contributed by atoms with van der Waals surface area (Å²) in [6.45, 7) is 4.10. The van der Waals surface area contributed by atoms with E-state index in [9.17, 15) is 4.79 Å². The second kappa shape index (κ2) is 6.65. The molecule has 1 N–H and O–H groups in total. The molecule has 3 aromatic rings. The molecule has 0 unspecified atom stereocenters. The normalized spacial score (nSPS) is 15.7. The molecule has 0 saturated carbocycles. The second-order valence-corrected chi connectivity index (χ2v) is 7.29. The van der Waals surface area contributed by atoms with Crippen LogP contribution in [0.2, 0.25) is 5.02 Å². The lowest BCUT2D eigenvalue weighted by Gasteiger charge is -2.16. The number of hydrogen-bond donors (Lipinski definition) is 1. The SMILES string of the molecule is Cc1ccc(C)n1-c1ccc(Cl)c(C(=O)N[C@H]2CCc3ccccc32)c1.